The molecule has 2 aliphatic heterocycles. The highest BCUT2D eigenvalue weighted by Gasteiger charge is 2.58. The molecule has 0 radical (unpaired) electrons. The van der Waals surface area contributed by atoms with E-state index in [1.165, 1.54) is 4.90 Å². The van der Waals surface area contributed by atoms with Crippen molar-refractivity contribution >= 4 is 28.2 Å². The fourth-order valence-corrected chi connectivity index (χ4v) is 6.91. The van der Waals surface area contributed by atoms with Crippen molar-refractivity contribution in [3.05, 3.63) is 29.8 Å². The Morgan fingerprint density at radius 1 is 1.11 bits per heavy atom. The van der Waals surface area contributed by atoms with E-state index in [9.17, 15) is 14.4 Å². The molecule has 212 valence electrons. The van der Waals surface area contributed by atoms with E-state index in [0.29, 0.717) is 34.6 Å². The van der Waals surface area contributed by atoms with Crippen LogP contribution >= 0.6 is 0 Å². The van der Waals surface area contributed by atoms with Crippen molar-refractivity contribution in [3.63, 3.8) is 0 Å². The number of unbranched alkanes of at least 4 members (excludes halogenated alkanes) is 2. The molecule has 0 bridgehead atoms. The third kappa shape index (κ3) is 5.57. The average Bonchev–Trinajstić information content (AvgIpc) is 2.86. The second kappa shape index (κ2) is 11.5. The maximum absolute atomic E-state index is 14.4. The van der Waals surface area contributed by atoms with Gasteiger partial charge in [-0.15, -0.1) is 0 Å². The van der Waals surface area contributed by atoms with Crippen molar-refractivity contribution < 1.29 is 23.5 Å². The third-order valence-corrected chi connectivity index (χ3v) is 9.64. The SMILES string of the molecule is CCCCC1(CCCC)Oc2ccccc2C(=O)N1C(=O)[C@H](C)[C@H]1NC(=O)[C@H]1[C@H](C(C)(C)C)C(C)(C)O[SiH3]. The first-order chi connectivity index (χ1) is 17.8. The van der Waals surface area contributed by atoms with E-state index in [-0.39, 0.29) is 29.1 Å². The van der Waals surface area contributed by atoms with E-state index in [1.807, 2.05) is 32.9 Å². The number of ether oxygens (including phenoxy) is 1. The Morgan fingerprint density at radius 3 is 2.18 bits per heavy atom. The summed E-state index contributed by atoms with van der Waals surface area (Å²) in [5, 5.41) is 3.03. The molecule has 1 aromatic carbocycles. The van der Waals surface area contributed by atoms with E-state index >= 15 is 0 Å². The monoisotopic (exact) mass is 544 g/mol. The van der Waals surface area contributed by atoms with Crippen LogP contribution in [0.1, 0.15) is 104 Å². The number of nitrogens with one attached hydrogen (secondary N) is 1. The highest BCUT2D eigenvalue weighted by molar-refractivity contribution is 6.08. The Hall–Kier alpha value is -2.19. The van der Waals surface area contributed by atoms with Gasteiger partial charge < -0.3 is 14.5 Å². The molecule has 3 amide bonds. The molecule has 8 heteroatoms. The first-order valence-corrected chi connectivity index (χ1v) is 15.1. The van der Waals surface area contributed by atoms with E-state index < -0.39 is 29.2 Å². The van der Waals surface area contributed by atoms with Gasteiger partial charge in [-0.3, -0.25) is 14.4 Å². The van der Waals surface area contributed by atoms with Crippen LogP contribution in [0.3, 0.4) is 0 Å². The van der Waals surface area contributed by atoms with Crippen molar-refractivity contribution in [2.24, 2.45) is 23.2 Å². The van der Waals surface area contributed by atoms with Gasteiger partial charge in [0.15, 0.2) is 5.72 Å². The Morgan fingerprint density at radius 2 is 1.68 bits per heavy atom. The third-order valence-electron chi connectivity index (χ3n) is 8.58. The van der Waals surface area contributed by atoms with Crippen LogP contribution in [0.25, 0.3) is 0 Å². The largest absolute Gasteiger partial charge is 0.467 e. The van der Waals surface area contributed by atoms with Gasteiger partial charge >= 0.3 is 0 Å². The molecule has 2 heterocycles. The lowest BCUT2D eigenvalue weighted by atomic mass is 9.59. The second-order valence-electron chi connectivity index (χ2n) is 12.7. The van der Waals surface area contributed by atoms with Crippen molar-refractivity contribution in [2.75, 3.05) is 0 Å². The van der Waals surface area contributed by atoms with Gasteiger partial charge in [-0.2, -0.15) is 0 Å². The van der Waals surface area contributed by atoms with Gasteiger partial charge in [0.2, 0.25) is 11.8 Å². The van der Waals surface area contributed by atoms with Gasteiger partial charge in [0.25, 0.3) is 5.91 Å². The zero-order valence-corrected chi connectivity index (χ0v) is 26.8. The van der Waals surface area contributed by atoms with Crippen molar-refractivity contribution in [3.8, 4) is 5.75 Å². The predicted molar refractivity (Wildman–Crippen MR) is 153 cm³/mol. The molecule has 0 aromatic heterocycles. The number of β-lactam (4-membered cyclic amide) rings is 1. The second-order valence-corrected chi connectivity index (χ2v) is 13.1. The molecule has 7 nitrogen and oxygen atoms in total. The first kappa shape index (κ1) is 30.3. The van der Waals surface area contributed by atoms with E-state index in [1.54, 1.807) is 12.1 Å². The predicted octanol–water partition coefficient (Wildman–Crippen LogP) is 4.61. The molecule has 0 saturated carbocycles. The number of amides is 3. The highest BCUT2D eigenvalue weighted by Crippen LogP contribution is 2.48. The molecule has 1 saturated heterocycles. The summed E-state index contributed by atoms with van der Waals surface area (Å²) in [7, 11) is 0.544. The van der Waals surface area contributed by atoms with Crippen molar-refractivity contribution in [2.45, 2.75) is 111 Å². The lowest BCUT2D eigenvalue weighted by molar-refractivity contribution is -0.165. The Labute approximate surface area is 231 Å². The van der Waals surface area contributed by atoms with Gasteiger partial charge in [0, 0.05) is 18.8 Å². The minimum absolute atomic E-state index is 0.0591. The van der Waals surface area contributed by atoms with E-state index in [2.05, 4.69) is 39.9 Å². The molecule has 1 aromatic rings. The van der Waals surface area contributed by atoms with Crippen LogP contribution < -0.4 is 10.1 Å². The number of nitrogens with zero attached hydrogens (tertiary/aromatic N) is 1. The maximum atomic E-state index is 14.4. The number of carbonyl (C=O) groups is 3. The number of carbonyl (C=O) groups excluding carboxylic acids is 3. The van der Waals surface area contributed by atoms with Gasteiger partial charge in [-0.1, -0.05) is 66.5 Å². The number of imide groups is 1. The molecule has 38 heavy (non-hydrogen) atoms. The minimum Gasteiger partial charge on any atom is -0.467 e. The zero-order chi connectivity index (χ0) is 28.5. The smallest absolute Gasteiger partial charge is 0.267 e. The maximum Gasteiger partial charge on any atom is 0.267 e. The van der Waals surface area contributed by atoms with E-state index in [0.717, 1.165) is 25.7 Å². The van der Waals surface area contributed by atoms with Gasteiger partial charge in [-0.05, 0) is 44.2 Å². The number of benzene rings is 1. The minimum atomic E-state index is -1.03. The molecular weight excluding hydrogens is 496 g/mol. The molecule has 3 rings (SSSR count). The van der Waals surface area contributed by atoms with Gasteiger partial charge in [0.05, 0.1) is 29.0 Å². The summed E-state index contributed by atoms with van der Waals surface area (Å²) >= 11 is 0. The molecule has 0 spiro atoms. The van der Waals surface area contributed by atoms with Crippen LogP contribution in [0, 0.1) is 23.2 Å². The Kier molecular flexibility index (Phi) is 9.19. The number of fused-ring (bicyclic) bond motifs is 1. The van der Waals surface area contributed by atoms with Crippen LogP contribution in [0.15, 0.2) is 24.3 Å². The zero-order valence-electron chi connectivity index (χ0n) is 24.8. The fraction of sp³-hybridized carbons (Fsp3) is 0.700. The molecule has 1 N–H and O–H groups in total. The average molecular weight is 545 g/mol. The summed E-state index contributed by atoms with van der Waals surface area (Å²) in [5.74, 6) is -1.23. The standard InChI is InChI=1S/C30H48N2O5Si/c1-9-11-17-30(18-12-10-2)32(27(35)20-15-13-14-16-21(20)36-30)26(34)19(3)23-22(25(33)31-23)24(28(4,5)6)29(7,8)37-38/h13-16,19,22-24H,9-12,17-18H2,1-8,38H3,(H,31,33)/t19-,22-,23-,24-/m1/s1. The van der Waals surface area contributed by atoms with Crippen molar-refractivity contribution in [1.82, 2.24) is 10.2 Å². The summed E-state index contributed by atoms with van der Waals surface area (Å²) < 4.78 is 12.6. The topological polar surface area (TPSA) is 84.9 Å². The molecule has 1 fully saturated rings. The first-order valence-electron chi connectivity index (χ1n) is 14.3. The summed E-state index contributed by atoms with van der Waals surface area (Å²) in [6.45, 7) is 16.5. The lowest BCUT2D eigenvalue weighted by Crippen LogP contribution is -2.71. The number of hydrogen-bond acceptors (Lipinski definition) is 5. The number of para-hydroxylation sites is 1. The fourth-order valence-electron chi connectivity index (χ4n) is 6.66. The van der Waals surface area contributed by atoms with Crippen LogP contribution in [-0.4, -0.2) is 50.5 Å². The van der Waals surface area contributed by atoms with Crippen LogP contribution in [-0.2, 0) is 14.0 Å². The molecular formula is C30H48N2O5Si. The van der Waals surface area contributed by atoms with Crippen LogP contribution in [0.2, 0.25) is 0 Å². The van der Waals surface area contributed by atoms with Gasteiger partial charge in [0.1, 0.15) is 16.2 Å². The summed E-state index contributed by atoms with van der Waals surface area (Å²) in [6, 6.07) is 6.80. The Balaban J connectivity index is 2.04. The summed E-state index contributed by atoms with van der Waals surface area (Å²) in [4.78, 5) is 42.9. The number of hydrogen-bond donors (Lipinski definition) is 1. The highest BCUT2D eigenvalue weighted by atomic mass is 28.2. The summed E-state index contributed by atoms with van der Waals surface area (Å²) in [6.07, 6.45) is 4.67. The Bertz CT molecular complexity index is 1030. The molecule has 0 aliphatic carbocycles. The lowest BCUT2D eigenvalue weighted by Gasteiger charge is -2.54. The van der Waals surface area contributed by atoms with Crippen LogP contribution in [0.4, 0.5) is 0 Å². The molecule has 4 atom stereocenters. The molecule has 0 unspecified atom stereocenters. The van der Waals surface area contributed by atoms with E-state index in [4.69, 9.17) is 9.16 Å². The quantitative estimate of drug-likeness (QED) is 0.325. The molecule has 2 aliphatic rings. The van der Waals surface area contributed by atoms with Crippen molar-refractivity contribution in [1.29, 1.82) is 0 Å². The summed E-state index contributed by atoms with van der Waals surface area (Å²) in [5.41, 5.74) is -1.38. The van der Waals surface area contributed by atoms with Gasteiger partial charge in [-0.25, -0.2) is 4.90 Å². The van der Waals surface area contributed by atoms with Crippen LogP contribution in [0.5, 0.6) is 5.75 Å². The number of rotatable bonds is 11. The normalized spacial score (nSPS) is 22.7.